The molecule has 3 heteroatoms. The lowest BCUT2D eigenvalue weighted by molar-refractivity contribution is 0.185. The van der Waals surface area contributed by atoms with Gasteiger partial charge in [-0.1, -0.05) is 42.5 Å². The Morgan fingerprint density at radius 2 is 1.73 bits per heavy atom. The maximum atomic E-state index is 10.2. The van der Waals surface area contributed by atoms with Crippen molar-refractivity contribution in [1.29, 1.82) is 0 Å². The molecule has 0 amide bonds. The zero-order chi connectivity index (χ0) is 15.2. The molecule has 1 heterocycles. The number of rotatable bonds is 2. The van der Waals surface area contributed by atoms with Gasteiger partial charge >= 0.3 is 0 Å². The van der Waals surface area contributed by atoms with Crippen LogP contribution in [0.1, 0.15) is 11.1 Å². The molecular formula is C19H16O3. The highest BCUT2D eigenvalue weighted by molar-refractivity contribution is 5.90. The Morgan fingerprint density at radius 3 is 2.50 bits per heavy atom. The maximum Gasteiger partial charge on any atom is 0.124 e. The molecule has 1 aliphatic rings. The molecule has 2 N–H and O–H groups in total. The van der Waals surface area contributed by atoms with Crippen molar-refractivity contribution in [3.8, 4) is 11.5 Å². The van der Waals surface area contributed by atoms with E-state index in [-0.39, 0.29) is 12.4 Å². The standard InChI is InChI=1S/C19H16O3/c20-11-19(14-6-8-15(21)9-7-14)12-22-17-10-5-13-3-1-2-4-16(13)18(17)19/h1-10,20-21H,11-12H2. The molecule has 1 atom stereocenters. The largest absolute Gasteiger partial charge is 0.508 e. The first-order valence-electron chi connectivity index (χ1n) is 7.30. The van der Waals surface area contributed by atoms with Crippen molar-refractivity contribution in [2.24, 2.45) is 0 Å². The van der Waals surface area contributed by atoms with Crippen LogP contribution in [-0.4, -0.2) is 23.4 Å². The van der Waals surface area contributed by atoms with Crippen LogP contribution in [0.5, 0.6) is 11.5 Å². The van der Waals surface area contributed by atoms with Gasteiger partial charge in [0.2, 0.25) is 0 Å². The first kappa shape index (κ1) is 13.2. The van der Waals surface area contributed by atoms with Crippen LogP contribution in [-0.2, 0) is 5.41 Å². The van der Waals surface area contributed by atoms with Crippen molar-refractivity contribution < 1.29 is 14.9 Å². The summed E-state index contributed by atoms with van der Waals surface area (Å²) in [6.07, 6.45) is 0. The number of hydrogen-bond acceptors (Lipinski definition) is 3. The fraction of sp³-hybridized carbons (Fsp3) is 0.158. The molecule has 110 valence electrons. The number of aliphatic hydroxyl groups is 1. The number of aromatic hydroxyl groups is 1. The number of phenolic OH excluding ortho intramolecular Hbond substituents is 1. The van der Waals surface area contributed by atoms with Crippen molar-refractivity contribution in [1.82, 2.24) is 0 Å². The number of aliphatic hydroxyl groups excluding tert-OH is 1. The van der Waals surface area contributed by atoms with Gasteiger partial charge in [-0.25, -0.2) is 0 Å². The minimum atomic E-state index is -0.593. The van der Waals surface area contributed by atoms with Gasteiger partial charge in [0.25, 0.3) is 0 Å². The van der Waals surface area contributed by atoms with E-state index in [9.17, 15) is 10.2 Å². The number of benzene rings is 3. The monoisotopic (exact) mass is 292 g/mol. The summed E-state index contributed by atoms with van der Waals surface area (Å²) in [5, 5.41) is 22.0. The van der Waals surface area contributed by atoms with Crippen molar-refractivity contribution in [2.75, 3.05) is 13.2 Å². The average Bonchev–Trinajstić information content (AvgIpc) is 2.96. The van der Waals surface area contributed by atoms with Gasteiger partial charge in [0.15, 0.2) is 0 Å². The molecule has 1 unspecified atom stereocenters. The van der Waals surface area contributed by atoms with Gasteiger partial charge in [-0.15, -0.1) is 0 Å². The lowest BCUT2D eigenvalue weighted by Crippen LogP contribution is -2.33. The van der Waals surface area contributed by atoms with Crippen LogP contribution in [0.2, 0.25) is 0 Å². The second-order valence-electron chi connectivity index (χ2n) is 5.74. The summed E-state index contributed by atoms with van der Waals surface area (Å²) < 4.78 is 5.88. The molecule has 4 rings (SSSR count). The fourth-order valence-corrected chi connectivity index (χ4v) is 3.36. The Balaban J connectivity index is 2.02. The summed E-state index contributed by atoms with van der Waals surface area (Å²) in [4.78, 5) is 0. The van der Waals surface area contributed by atoms with Crippen molar-refractivity contribution >= 4 is 10.8 Å². The topological polar surface area (TPSA) is 49.7 Å². The van der Waals surface area contributed by atoms with E-state index in [0.29, 0.717) is 6.61 Å². The summed E-state index contributed by atoms with van der Waals surface area (Å²) in [5.74, 6) is 1.04. The van der Waals surface area contributed by atoms with Crippen LogP contribution < -0.4 is 4.74 Å². The minimum absolute atomic E-state index is 0.0429. The van der Waals surface area contributed by atoms with Gasteiger partial charge in [-0.05, 0) is 34.5 Å². The van der Waals surface area contributed by atoms with E-state index in [4.69, 9.17) is 4.74 Å². The molecule has 3 aromatic rings. The van der Waals surface area contributed by atoms with E-state index < -0.39 is 5.41 Å². The fourth-order valence-electron chi connectivity index (χ4n) is 3.36. The van der Waals surface area contributed by atoms with Gasteiger partial charge in [0.1, 0.15) is 18.1 Å². The zero-order valence-corrected chi connectivity index (χ0v) is 12.0. The summed E-state index contributed by atoms with van der Waals surface area (Å²) >= 11 is 0. The van der Waals surface area contributed by atoms with Gasteiger partial charge in [0, 0.05) is 5.56 Å². The summed E-state index contributed by atoms with van der Waals surface area (Å²) in [6, 6.07) is 19.1. The maximum absolute atomic E-state index is 10.2. The van der Waals surface area contributed by atoms with Crippen molar-refractivity contribution in [3.05, 3.63) is 71.8 Å². The van der Waals surface area contributed by atoms with E-state index in [0.717, 1.165) is 27.6 Å². The zero-order valence-electron chi connectivity index (χ0n) is 12.0. The van der Waals surface area contributed by atoms with Crippen molar-refractivity contribution in [3.63, 3.8) is 0 Å². The molecule has 0 aliphatic carbocycles. The normalized spacial score (nSPS) is 19.9. The van der Waals surface area contributed by atoms with Crippen molar-refractivity contribution in [2.45, 2.75) is 5.41 Å². The van der Waals surface area contributed by atoms with Gasteiger partial charge in [0.05, 0.1) is 12.0 Å². The van der Waals surface area contributed by atoms with Crippen LogP contribution in [0.4, 0.5) is 0 Å². The van der Waals surface area contributed by atoms with E-state index in [1.165, 1.54) is 0 Å². The second kappa shape index (κ2) is 4.75. The van der Waals surface area contributed by atoms with Gasteiger partial charge in [-0.2, -0.15) is 0 Å². The molecule has 0 saturated carbocycles. The van der Waals surface area contributed by atoms with Gasteiger partial charge in [-0.3, -0.25) is 0 Å². The highest BCUT2D eigenvalue weighted by Gasteiger charge is 2.43. The van der Waals surface area contributed by atoms with E-state index in [2.05, 4.69) is 12.1 Å². The molecule has 0 saturated heterocycles. The van der Waals surface area contributed by atoms with Crippen LogP contribution in [0.3, 0.4) is 0 Å². The SMILES string of the molecule is OCC1(c2ccc(O)cc2)COc2ccc3ccccc3c21. The molecular weight excluding hydrogens is 276 g/mol. The van der Waals surface area contributed by atoms with Gasteiger partial charge < -0.3 is 14.9 Å². The molecule has 0 radical (unpaired) electrons. The summed E-state index contributed by atoms with van der Waals surface area (Å²) in [7, 11) is 0. The third kappa shape index (κ3) is 1.72. The van der Waals surface area contributed by atoms with Crippen LogP contribution in [0.15, 0.2) is 60.7 Å². The predicted molar refractivity (Wildman–Crippen MR) is 85.4 cm³/mol. The Hall–Kier alpha value is -2.52. The highest BCUT2D eigenvalue weighted by atomic mass is 16.5. The quantitative estimate of drug-likeness (QED) is 0.762. The second-order valence-corrected chi connectivity index (χ2v) is 5.74. The molecule has 0 aromatic heterocycles. The lowest BCUT2D eigenvalue weighted by Gasteiger charge is -2.27. The van der Waals surface area contributed by atoms with Crippen LogP contribution in [0, 0.1) is 0 Å². The molecule has 22 heavy (non-hydrogen) atoms. The summed E-state index contributed by atoms with van der Waals surface area (Å²) in [5.41, 5.74) is 1.38. The minimum Gasteiger partial charge on any atom is -0.508 e. The molecule has 1 aliphatic heterocycles. The predicted octanol–water partition coefficient (Wildman–Crippen LogP) is 3.22. The first-order chi connectivity index (χ1) is 10.7. The molecule has 0 fully saturated rings. The third-order valence-corrected chi connectivity index (χ3v) is 4.53. The molecule has 0 spiro atoms. The van der Waals surface area contributed by atoms with Crippen LogP contribution >= 0.6 is 0 Å². The molecule has 3 nitrogen and oxygen atoms in total. The number of ether oxygens (including phenoxy) is 1. The van der Waals surface area contributed by atoms with E-state index in [1.807, 2.05) is 36.4 Å². The molecule has 0 bridgehead atoms. The lowest BCUT2D eigenvalue weighted by atomic mass is 9.75. The smallest absolute Gasteiger partial charge is 0.124 e. The molecule has 3 aromatic carbocycles. The van der Waals surface area contributed by atoms with Crippen LogP contribution in [0.25, 0.3) is 10.8 Å². The van der Waals surface area contributed by atoms with E-state index >= 15 is 0 Å². The third-order valence-electron chi connectivity index (χ3n) is 4.53. The van der Waals surface area contributed by atoms with E-state index in [1.54, 1.807) is 12.1 Å². The average molecular weight is 292 g/mol. The first-order valence-corrected chi connectivity index (χ1v) is 7.30. The number of fused-ring (bicyclic) bond motifs is 3. The summed E-state index contributed by atoms with van der Waals surface area (Å²) in [6.45, 7) is 0.358. The number of phenols is 1. The Labute approximate surface area is 128 Å². The Morgan fingerprint density at radius 1 is 0.955 bits per heavy atom. The number of hydrogen-bond donors (Lipinski definition) is 2. The Bertz CT molecular complexity index is 839. The Kier molecular flexibility index (Phi) is 2.84. The highest BCUT2D eigenvalue weighted by Crippen LogP contribution is 2.47.